The van der Waals surface area contributed by atoms with Gasteiger partial charge < -0.3 is 5.32 Å². The molecule has 1 N–H and O–H groups in total. The molecule has 1 aliphatic rings. The van der Waals surface area contributed by atoms with Crippen molar-refractivity contribution in [2.24, 2.45) is 5.41 Å². The molecular weight excluding hydrogens is 248 g/mol. The zero-order valence-corrected chi connectivity index (χ0v) is 11.6. The van der Waals surface area contributed by atoms with Crippen molar-refractivity contribution < 1.29 is 0 Å². The van der Waals surface area contributed by atoms with Crippen LogP contribution in [0.25, 0.3) is 5.52 Å². The highest BCUT2D eigenvalue weighted by atomic mass is 35.5. The largest absolute Gasteiger partial charge is 0.365 e. The van der Waals surface area contributed by atoms with Crippen LogP contribution < -0.4 is 5.32 Å². The lowest BCUT2D eigenvalue weighted by Gasteiger charge is -2.49. The van der Waals surface area contributed by atoms with Crippen LogP contribution in [-0.4, -0.2) is 26.0 Å². The van der Waals surface area contributed by atoms with Crippen molar-refractivity contribution in [1.29, 1.82) is 0 Å². The summed E-state index contributed by atoms with van der Waals surface area (Å²) in [6.07, 6.45) is 4.61. The van der Waals surface area contributed by atoms with Crippen LogP contribution in [0.3, 0.4) is 0 Å². The number of aryl methyl sites for hydroxylation is 1. The van der Waals surface area contributed by atoms with E-state index < -0.39 is 0 Å². The summed E-state index contributed by atoms with van der Waals surface area (Å²) in [5.74, 6) is 0.889. The summed E-state index contributed by atoms with van der Waals surface area (Å²) < 4.78 is 1.86. The van der Waals surface area contributed by atoms with Crippen LogP contribution >= 0.6 is 11.6 Å². The smallest absolute Gasteiger partial charge is 0.152 e. The summed E-state index contributed by atoms with van der Waals surface area (Å²) >= 11 is 6.25. The molecule has 2 heterocycles. The Morgan fingerprint density at radius 1 is 1.50 bits per heavy atom. The van der Waals surface area contributed by atoms with Gasteiger partial charge >= 0.3 is 0 Å². The fourth-order valence-electron chi connectivity index (χ4n) is 2.44. The van der Waals surface area contributed by atoms with E-state index in [0.717, 1.165) is 23.4 Å². The Kier molecular flexibility index (Phi) is 2.52. The first-order valence-electron chi connectivity index (χ1n) is 6.20. The van der Waals surface area contributed by atoms with Crippen molar-refractivity contribution in [3.8, 4) is 0 Å². The second-order valence-electron chi connectivity index (χ2n) is 5.61. The average molecular weight is 265 g/mol. The van der Waals surface area contributed by atoms with Crippen LogP contribution in [0.4, 0.5) is 5.82 Å². The van der Waals surface area contributed by atoms with Crippen molar-refractivity contribution in [2.45, 2.75) is 38.6 Å². The fourth-order valence-corrected chi connectivity index (χ4v) is 2.77. The molecule has 2 atom stereocenters. The fraction of sp³-hybridized carbons (Fsp3) is 0.538. The molecule has 0 aromatic carbocycles. The number of aromatic nitrogens is 3. The van der Waals surface area contributed by atoms with Gasteiger partial charge in [-0.2, -0.15) is 5.10 Å². The molecule has 5 heteroatoms. The highest BCUT2D eigenvalue weighted by Crippen LogP contribution is 2.45. The van der Waals surface area contributed by atoms with Gasteiger partial charge in [-0.3, -0.25) is 0 Å². The minimum atomic E-state index is 0.102. The Bertz CT molecular complexity index is 590. The van der Waals surface area contributed by atoms with Crippen molar-refractivity contribution in [2.75, 3.05) is 5.32 Å². The lowest BCUT2D eigenvalue weighted by Crippen LogP contribution is -2.54. The highest BCUT2D eigenvalue weighted by Gasteiger charge is 2.47. The maximum Gasteiger partial charge on any atom is 0.152 e. The third kappa shape index (κ3) is 1.67. The number of anilines is 1. The van der Waals surface area contributed by atoms with E-state index in [1.807, 2.05) is 23.7 Å². The van der Waals surface area contributed by atoms with Gasteiger partial charge in [0.25, 0.3) is 0 Å². The summed E-state index contributed by atoms with van der Waals surface area (Å²) in [5.41, 5.74) is 2.11. The van der Waals surface area contributed by atoms with E-state index in [-0.39, 0.29) is 10.8 Å². The molecule has 2 unspecified atom stereocenters. The molecule has 0 amide bonds. The molecule has 18 heavy (non-hydrogen) atoms. The number of fused-ring (bicyclic) bond motifs is 1. The third-order valence-electron chi connectivity index (χ3n) is 3.97. The van der Waals surface area contributed by atoms with Gasteiger partial charge in [-0.25, -0.2) is 9.50 Å². The number of alkyl halides is 1. The van der Waals surface area contributed by atoms with Gasteiger partial charge in [0.05, 0.1) is 5.69 Å². The molecular formula is C13H17ClN4. The molecule has 0 radical (unpaired) electrons. The summed E-state index contributed by atoms with van der Waals surface area (Å²) in [6.45, 7) is 6.36. The van der Waals surface area contributed by atoms with E-state index in [1.165, 1.54) is 0 Å². The Balaban J connectivity index is 1.92. The van der Waals surface area contributed by atoms with Crippen LogP contribution in [0.15, 0.2) is 18.5 Å². The highest BCUT2D eigenvalue weighted by molar-refractivity contribution is 6.21. The molecule has 2 aromatic heterocycles. The number of rotatable bonds is 2. The monoisotopic (exact) mass is 264 g/mol. The second-order valence-corrected chi connectivity index (χ2v) is 6.14. The van der Waals surface area contributed by atoms with Gasteiger partial charge in [0, 0.05) is 29.2 Å². The second kappa shape index (κ2) is 3.85. The van der Waals surface area contributed by atoms with Gasteiger partial charge in [-0.15, -0.1) is 11.6 Å². The number of halogens is 1. The van der Waals surface area contributed by atoms with E-state index in [2.05, 4.69) is 29.2 Å². The molecule has 0 aliphatic heterocycles. The topological polar surface area (TPSA) is 42.2 Å². The van der Waals surface area contributed by atoms with Crippen LogP contribution in [0.5, 0.6) is 0 Å². The zero-order chi connectivity index (χ0) is 12.9. The Morgan fingerprint density at radius 3 is 2.94 bits per heavy atom. The number of nitrogens with one attached hydrogen (secondary N) is 1. The van der Waals surface area contributed by atoms with Gasteiger partial charge in [0.15, 0.2) is 5.82 Å². The van der Waals surface area contributed by atoms with Gasteiger partial charge in [-0.1, -0.05) is 13.8 Å². The van der Waals surface area contributed by atoms with Gasteiger partial charge in [-0.05, 0) is 19.4 Å². The maximum atomic E-state index is 6.25. The Labute approximate surface area is 111 Å². The predicted octanol–water partition coefficient (Wildman–Crippen LogP) is 2.86. The quantitative estimate of drug-likeness (QED) is 0.848. The van der Waals surface area contributed by atoms with Crippen LogP contribution in [0.2, 0.25) is 0 Å². The zero-order valence-electron chi connectivity index (χ0n) is 10.8. The van der Waals surface area contributed by atoms with Crippen molar-refractivity contribution in [1.82, 2.24) is 14.6 Å². The Morgan fingerprint density at radius 2 is 2.28 bits per heavy atom. The first-order chi connectivity index (χ1) is 8.48. The molecule has 0 saturated heterocycles. The third-order valence-corrected chi connectivity index (χ3v) is 4.71. The van der Waals surface area contributed by atoms with E-state index >= 15 is 0 Å². The predicted molar refractivity (Wildman–Crippen MR) is 73.2 cm³/mol. The number of nitrogens with zero attached hydrogens (tertiary/aromatic N) is 3. The summed E-state index contributed by atoms with van der Waals surface area (Å²) in [4.78, 5) is 4.42. The van der Waals surface area contributed by atoms with Crippen molar-refractivity contribution >= 4 is 22.9 Å². The molecule has 1 aliphatic carbocycles. The summed E-state index contributed by atoms with van der Waals surface area (Å²) in [6, 6.07) is 2.41. The van der Waals surface area contributed by atoms with Crippen molar-refractivity contribution in [3.05, 3.63) is 24.2 Å². The normalized spacial score (nSPS) is 26.0. The van der Waals surface area contributed by atoms with Crippen molar-refractivity contribution in [3.63, 3.8) is 0 Å². The molecule has 0 bridgehead atoms. The minimum Gasteiger partial charge on any atom is -0.365 e. The molecule has 2 aromatic rings. The number of hydrogen-bond acceptors (Lipinski definition) is 3. The van der Waals surface area contributed by atoms with E-state index in [0.29, 0.717) is 6.04 Å². The number of hydrogen-bond donors (Lipinski definition) is 1. The lowest BCUT2D eigenvalue weighted by atomic mass is 9.67. The van der Waals surface area contributed by atoms with E-state index in [1.54, 1.807) is 6.20 Å². The van der Waals surface area contributed by atoms with E-state index in [9.17, 15) is 0 Å². The minimum absolute atomic E-state index is 0.102. The lowest BCUT2D eigenvalue weighted by molar-refractivity contribution is 0.168. The molecule has 4 nitrogen and oxygen atoms in total. The summed E-state index contributed by atoms with van der Waals surface area (Å²) in [5, 5.41) is 8.12. The Hall–Kier alpha value is -1.29. The maximum absolute atomic E-state index is 6.25. The molecule has 96 valence electrons. The molecule has 3 rings (SSSR count). The molecule has 1 saturated carbocycles. The first-order valence-corrected chi connectivity index (χ1v) is 6.64. The average Bonchev–Trinajstić information content (AvgIpc) is 2.70. The first kappa shape index (κ1) is 11.8. The summed E-state index contributed by atoms with van der Waals surface area (Å²) in [7, 11) is 0. The van der Waals surface area contributed by atoms with Crippen LogP contribution in [0, 0.1) is 12.3 Å². The van der Waals surface area contributed by atoms with Crippen LogP contribution in [0.1, 0.15) is 26.0 Å². The molecule has 1 fully saturated rings. The van der Waals surface area contributed by atoms with Gasteiger partial charge in [0.2, 0.25) is 0 Å². The SMILES string of the molecule is Cc1cc2c(NC3CC(Cl)C3(C)C)nccn2n1. The van der Waals surface area contributed by atoms with Gasteiger partial charge in [0.1, 0.15) is 5.52 Å². The molecule has 0 spiro atoms. The van der Waals surface area contributed by atoms with Crippen LogP contribution in [-0.2, 0) is 0 Å². The standard InChI is InChI=1S/C13H17ClN4/c1-8-6-9-12(15-4-5-18(9)17-8)16-11-7-10(14)13(11,2)3/h4-6,10-11H,7H2,1-3H3,(H,15,16). The van der Waals surface area contributed by atoms with E-state index in [4.69, 9.17) is 11.6 Å².